The molecule has 0 aliphatic rings. The number of aromatic nitrogens is 2. The minimum absolute atomic E-state index is 0.0416. The molecule has 0 bridgehead atoms. The van der Waals surface area contributed by atoms with E-state index in [1.807, 2.05) is 18.9 Å². The SMILES string of the molecule is CC(C)Cn1ccnc(N(C)CC(C)C(N)=S)c1=O. The van der Waals surface area contributed by atoms with E-state index < -0.39 is 0 Å². The Morgan fingerprint density at radius 2 is 2.16 bits per heavy atom. The van der Waals surface area contributed by atoms with E-state index in [2.05, 4.69) is 18.8 Å². The fraction of sp³-hybridized carbons (Fsp3) is 0.615. The first-order valence-corrected chi connectivity index (χ1v) is 6.79. The minimum Gasteiger partial charge on any atom is -0.393 e. The van der Waals surface area contributed by atoms with Crippen LogP contribution in [0.1, 0.15) is 20.8 Å². The van der Waals surface area contributed by atoms with E-state index in [1.54, 1.807) is 17.0 Å². The van der Waals surface area contributed by atoms with Gasteiger partial charge in [0.15, 0.2) is 5.82 Å². The summed E-state index contributed by atoms with van der Waals surface area (Å²) in [7, 11) is 1.83. The van der Waals surface area contributed by atoms with Gasteiger partial charge < -0.3 is 15.2 Å². The second-order valence-corrected chi connectivity index (χ2v) is 5.76. The smallest absolute Gasteiger partial charge is 0.293 e. The van der Waals surface area contributed by atoms with Gasteiger partial charge in [0.1, 0.15) is 0 Å². The highest BCUT2D eigenvalue weighted by molar-refractivity contribution is 7.80. The molecule has 1 atom stereocenters. The van der Waals surface area contributed by atoms with Gasteiger partial charge in [0.25, 0.3) is 5.56 Å². The molecule has 5 nitrogen and oxygen atoms in total. The highest BCUT2D eigenvalue weighted by Gasteiger charge is 2.14. The number of rotatable bonds is 6. The zero-order chi connectivity index (χ0) is 14.6. The molecule has 1 aromatic rings. The van der Waals surface area contributed by atoms with Crippen LogP contribution in [0, 0.1) is 11.8 Å². The van der Waals surface area contributed by atoms with Crippen molar-refractivity contribution in [2.45, 2.75) is 27.3 Å². The molecule has 0 aliphatic heterocycles. The molecule has 0 radical (unpaired) electrons. The van der Waals surface area contributed by atoms with Crippen molar-refractivity contribution < 1.29 is 0 Å². The van der Waals surface area contributed by atoms with E-state index >= 15 is 0 Å². The van der Waals surface area contributed by atoms with Gasteiger partial charge >= 0.3 is 0 Å². The van der Waals surface area contributed by atoms with E-state index in [4.69, 9.17) is 18.0 Å². The zero-order valence-electron chi connectivity index (χ0n) is 12.0. The van der Waals surface area contributed by atoms with Crippen molar-refractivity contribution in [2.24, 2.45) is 17.6 Å². The minimum atomic E-state index is -0.0751. The molecule has 106 valence electrons. The lowest BCUT2D eigenvalue weighted by Crippen LogP contribution is -2.36. The summed E-state index contributed by atoms with van der Waals surface area (Å²) >= 11 is 4.95. The molecule has 0 saturated carbocycles. The molecule has 2 N–H and O–H groups in total. The third-order valence-corrected chi connectivity index (χ3v) is 3.25. The van der Waals surface area contributed by atoms with Gasteiger partial charge in [-0.3, -0.25) is 4.79 Å². The number of nitrogens with two attached hydrogens (primary N) is 1. The third kappa shape index (κ3) is 4.31. The number of nitrogens with zero attached hydrogens (tertiary/aromatic N) is 3. The van der Waals surface area contributed by atoms with Crippen LogP contribution in [-0.2, 0) is 6.54 Å². The molecule has 19 heavy (non-hydrogen) atoms. The van der Waals surface area contributed by atoms with Crippen LogP contribution in [0.15, 0.2) is 17.2 Å². The lowest BCUT2D eigenvalue weighted by atomic mass is 10.2. The topological polar surface area (TPSA) is 64.2 Å². The van der Waals surface area contributed by atoms with E-state index in [-0.39, 0.29) is 11.5 Å². The Bertz CT molecular complexity index is 498. The van der Waals surface area contributed by atoms with Gasteiger partial charge in [-0.05, 0) is 5.92 Å². The number of hydrogen-bond acceptors (Lipinski definition) is 4. The van der Waals surface area contributed by atoms with Crippen molar-refractivity contribution in [3.8, 4) is 0 Å². The molecule has 1 unspecified atom stereocenters. The Labute approximate surface area is 119 Å². The Morgan fingerprint density at radius 3 is 2.68 bits per heavy atom. The first-order valence-electron chi connectivity index (χ1n) is 6.38. The molecular weight excluding hydrogens is 260 g/mol. The Kier molecular flexibility index (Phi) is 5.47. The zero-order valence-corrected chi connectivity index (χ0v) is 12.8. The average Bonchev–Trinajstić information content (AvgIpc) is 2.30. The van der Waals surface area contributed by atoms with Gasteiger partial charge in [-0.25, -0.2) is 4.98 Å². The van der Waals surface area contributed by atoms with Crippen LogP contribution in [0.3, 0.4) is 0 Å². The summed E-state index contributed by atoms with van der Waals surface area (Å²) in [6.45, 7) is 7.36. The summed E-state index contributed by atoms with van der Waals surface area (Å²) in [6, 6.07) is 0. The average molecular weight is 282 g/mol. The summed E-state index contributed by atoms with van der Waals surface area (Å²) in [5.41, 5.74) is 5.52. The lowest BCUT2D eigenvalue weighted by molar-refractivity contribution is 0.508. The molecule has 0 spiro atoms. The van der Waals surface area contributed by atoms with Crippen molar-refractivity contribution in [3.05, 3.63) is 22.7 Å². The summed E-state index contributed by atoms with van der Waals surface area (Å²) in [4.78, 5) is 18.7. The largest absolute Gasteiger partial charge is 0.393 e. The van der Waals surface area contributed by atoms with Crippen molar-refractivity contribution in [3.63, 3.8) is 0 Å². The van der Waals surface area contributed by atoms with E-state index in [1.165, 1.54) is 0 Å². The van der Waals surface area contributed by atoms with Gasteiger partial charge in [-0.15, -0.1) is 0 Å². The first-order chi connectivity index (χ1) is 8.82. The third-order valence-electron chi connectivity index (χ3n) is 2.85. The van der Waals surface area contributed by atoms with E-state index in [0.717, 1.165) is 0 Å². The van der Waals surface area contributed by atoms with Gasteiger partial charge in [-0.1, -0.05) is 33.0 Å². The van der Waals surface area contributed by atoms with Gasteiger partial charge in [0, 0.05) is 38.4 Å². The molecule has 1 aromatic heterocycles. The number of hydrogen-bond donors (Lipinski definition) is 1. The molecule has 0 amide bonds. The van der Waals surface area contributed by atoms with Crippen molar-refractivity contribution in [1.29, 1.82) is 0 Å². The second-order valence-electron chi connectivity index (χ2n) is 5.29. The van der Waals surface area contributed by atoms with Crippen LogP contribution in [0.25, 0.3) is 0 Å². The number of anilines is 1. The summed E-state index contributed by atoms with van der Waals surface area (Å²) in [5, 5.41) is 0. The Morgan fingerprint density at radius 1 is 1.53 bits per heavy atom. The summed E-state index contributed by atoms with van der Waals surface area (Å²) in [6.07, 6.45) is 3.37. The van der Waals surface area contributed by atoms with Gasteiger partial charge in [-0.2, -0.15) is 0 Å². The summed E-state index contributed by atoms with van der Waals surface area (Å²) in [5.74, 6) is 0.889. The molecule has 0 aliphatic carbocycles. The lowest BCUT2D eigenvalue weighted by Gasteiger charge is -2.22. The molecule has 0 saturated heterocycles. The molecule has 1 heterocycles. The van der Waals surface area contributed by atoms with Crippen molar-refractivity contribution in [2.75, 3.05) is 18.5 Å². The van der Waals surface area contributed by atoms with Crippen LogP contribution in [0.5, 0.6) is 0 Å². The maximum Gasteiger partial charge on any atom is 0.293 e. The van der Waals surface area contributed by atoms with Crippen LogP contribution in [-0.4, -0.2) is 28.1 Å². The predicted molar refractivity (Wildman–Crippen MR) is 82.6 cm³/mol. The molecule has 0 aromatic carbocycles. The normalized spacial score (nSPS) is 12.5. The van der Waals surface area contributed by atoms with E-state index in [9.17, 15) is 4.79 Å². The van der Waals surface area contributed by atoms with E-state index in [0.29, 0.717) is 29.8 Å². The van der Waals surface area contributed by atoms with Gasteiger partial charge in [0.2, 0.25) is 0 Å². The maximum absolute atomic E-state index is 12.3. The quantitative estimate of drug-likeness (QED) is 0.796. The van der Waals surface area contributed by atoms with Crippen molar-refractivity contribution >= 4 is 23.0 Å². The van der Waals surface area contributed by atoms with Crippen LogP contribution in [0.4, 0.5) is 5.82 Å². The van der Waals surface area contributed by atoms with Crippen LogP contribution < -0.4 is 16.2 Å². The highest BCUT2D eigenvalue weighted by atomic mass is 32.1. The standard InChI is InChI=1S/C13H22N4OS/c1-9(2)7-17-6-5-15-12(13(17)18)16(4)8-10(3)11(14)19/h5-6,9-10H,7-8H2,1-4H3,(H2,14,19). The molecule has 1 rings (SSSR count). The maximum atomic E-state index is 12.3. The van der Waals surface area contributed by atoms with Crippen LogP contribution in [0.2, 0.25) is 0 Å². The molecular formula is C13H22N4OS. The van der Waals surface area contributed by atoms with Crippen molar-refractivity contribution in [1.82, 2.24) is 9.55 Å². The highest BCUT2D eigenvalue weighted by Crippen LogP contribution is 2.06. The molecule has 6 heteroatoms. The fourth-order valence-corrected chi connectivity index (χ4v) is 1.90. The van der Waals surface area contributed by atoms with Gasteiger partial charge in [0.05, 0.1) is 4.99 Å². The first kappa shape index (κ1) is 15.6. The van der Waals surface area contributed by atoms with Crippen LogP contribution >= 0.6 is 12.2 Å². The Hall–Kier alpha value is -1.43. The Balaban J connectivity index is 2.95. The fourth-order valence-electron chi connectivity index (χ4n) is 1.82. The predicted octanol–water partition coefficient (Wildman–Crippen LogP) is 1.26. The molecule has 0 fully saturated rings. The summed E-state index contributed by atoms with van der Waals surface area (Å²) < 4.78 is 1.69. The number of thiocarbonyl (C=S) groups is 1. The second kappa shape index (κ2) is 6.65. The monoisotopic (exact) mass is 282 g/mol.